The average molecular weight is 580 g/mol. The molecule has 0 radical (unpaired) electrons. The van der Waals surface area contributed by atoms with Crippen molar-refractivity contribution in [1.29, 1.82) is 5.41 Å². The summed E-state index contributed by atoms with van der Waals surface area (Å²) in [7, 11) is 1.47. The van der Waals surface area contributed by atoms with Gasteiger partial charge in [0.25, 0.3) is 5.88 Å². The molecule has 0 bridgehead atoms. The lowest BCUT2D eigenvalue weighted by atomic mass is 10.1. The van der Waals surface area contributed by atoms with Crippen LogP contribution in [0.5, 0.6) is 5.88 Å². The summed E-state index contributed by atoms with van der Waals surface area (Å²) < 4.78 is 33.4. The molecule has 2 saturated heterocycles. The number of pyridine rings is 1. The normalized spacial score (nSPS) is 17.9. The second kappa shape index (κ2) is 12.1. The van der Waals surface area contributed by atoms with E-state index in [-0.39, 0.29) is 24.0 Å². The van der Waals surface area contributed by atoms with E-state index in [0.29, 0.717) is 35.9 Å². The molecule has 3 aromatic heterocycles. The van der Waals surface area contributed by atoms with Crippen molar-refractivity contribution in [3.05, 3.63) is 76.3 Å². The molecule has 12 heteroatoms. The standard InChI is InChI=1S/C29H31ClFN7O3/c1-39-27(32)19-13-24-28(34-14-19)38(16-22-8-11-40-22)26(35-24)17-37-9-6-21(7-10-37)41-29-23(31)15-33-25(36-29)12-18-2-4-20(30)5-3-18/h2-5,13-15,21-22,32H,6-12,16-17H2,1H3/t22-/m0/s1. The van der Waals surface area contributed by atoms with Gasteiger partial charge in [0.05, 0.1) is 38.1 Å². The largest absolute Gasteiger partial charge is 0.481 e. The van der Waals surface area contributed by atoms with E-state index in [0.717, 1.165) is 61.5 Å². The number of imidazole rings is 1. The molecule has 2 aliphatic rings. The maximum absolute atomic E-state index is 14.5. The van der Waals surface area contributed by atoms with Gasteiger partial charge in [0.15, 0.2) is 5.65 Å². The third kappa shape index (κ3) is 6.32. The van der Waals surface area contributed by atoms with Crippen LogP contribution >= 0.6 is 11.6 Å². The molecule has 0 aliphatic carbocycles. The van der Waals surface area contributed by atoms with Crippen LogP contribution in [-0.4, -0.2) is 74.3 Å². The number of fused-ring (bicyclic) bond motifs is 1. The van der Waals surface area contributed by atoms with Crippen molar-refractivity contribution in [1.82, 2.24) is 29.4 Å². The number of halogens is 2. The van der Waals surface area contributed by atoms with Crippen molar-refractivity contribution < 1.29 is 18.6 Å². The van der Waals surface area contributed by atoms with E-state index in [1.165, 1.54) is 13.3 Å². The summed E-state index contributed by atoms with van der Waals surface area (Å²) in [6, 6.07) is 9.26. The number of likely N-dealkylation sites (tertiary alicyclic amines) is 1. The molecule has 0 saturated carbocycles. The number of aromatic nitrogens is 5. The predicted molar refractivity (Wildman–Crippen MR) is 151 cm³/mol. The molecule has 5 heterocycles. The van der Waals surface area contributed by atoms with Gasteiger partial charge in [-0.15, -0.1) is 0 Å². The Bertz CT molecular complexity index is 1540. The molecule has 4 aromatic rings. The van der Waals surface area contributed by atoms with Gasteiger partial charge in [0.2, 0.25) is 11.7 Å². The van der Waals surface area contributed by atoms with E-state index in [1.54, 1.807) is 6.20 Å². The van der Waals surface area contributed by atoms with Crippen LogP contribution in [0.3, 0.4) is 0 Å². The number of methoxy groups -OCH3 is 1. The summed E-state index contributed by atoms with van der Waals surface area (Å²) in [6.07, 6.45) is 5.75. The first kappa shape index (κ1) is 27.5. The van der Waals surface area contributed by atoms with E-state index >= 15 is 0 Å². The highest BCUT2D eigenvalue weighted by molar-refractivity contribution is 6.30. The van der Waals surface area contributed by atoms with E-state index < -0.39 is 5.82 Å². The number of nitrogens with zero attached hydrogens (tertiary/aromatic N) is 6. The minimum absolute atomic E-state index is 0.00629. The molecule has 1 N–H and O–H groups in total. The van der Waals surface area contributed by atoms with Gasteiger partial charge in [0, 0.05) is 37.3 Å². The second-order valence-electron chi connectivity index (χ2n) is 10.4. The summed E-state index contributed by atoms with van der Waals surface area (Å²) in [5, 5.41) is 8.64. The fraction of sp³-hybridized carbons (Fsp3) is 0.414. The topological polar surface area (TPSA) is 111 Å². The highest BCUT2D eigenvalue weighted by Gasteiger charge is 2.27. The second-order valence-corrected chi connectivity index (χ2v) is 10.8. The Labute approximate surface area is 242 Å². The molecule has 214 valence electrons. The summed E-state index contributed by atoms with van der Waals surface area (Å²) in [5.41, 5.74) is 3.07. The number of piperidine rings is 1. The Kier molecular flexibility index (Phi) is 8.09. The summed E-state index contributed by atoms with van der Waals surface area (Å²) >= 11 is 5.97. The van der Waals surface area contributed by atoms with Crippen molar-refractivity contribution >= 4 is 28.7 Å². The number of hydrogen-bond acceptors (Lipinski definition) is 9. The first-order valence-electron chi connectivity index (χ1n) is 13.7. The van der Waals surface area contributed by atoms with Crippen molar-refractivity contribution in [3.8, 4) is 5.88 Å². The number of ether oxygens (including phenoxy) is 3. The lowest BCUT2D eigenvalue weighted by molar-refractivity contribution is -0.0593. The molecule has 1 aromatic carbocycles. The summed E-state index contributed by atoms with van der Waals surface area (Å²) in [5.74, 6) is 0.878. The van der Waals surface area contributed by atoms with Crippen LogP contribution in [-0.2, 0) is 29.0 Å². The number of benzene rings is 1. The molecule has 0 unspecified atom stereocenters. The van der Waals surface area contributed by atoms with Gasteiger partial charge >= 0.3 is 0 Å². The maximum Gasteiger partial charge on any atom is 0.254 e. The Morgan fingerprint density at radius 1 is 1.12 bits per heavy atom. The first-order valence-corrected chi connectivity index (χ1v) is 14.1. The van der Waals surface area contributed by atoms with Crippen LogP contribution < -0.4 is 4.74 Å². The van der Waals surface area contributed by atoms with E-state index in [4.69, 9.17) is 36.2 Å². The molecular formula is C29H31ClFN7O3. The zero-order valence-corrected chi connectivity index (χ0v) is 23.5. The highest BCUT2D eigenvalue weighted by Crippen LogP contribution is 2.25. The zero-order chi connectivity index (χ0) is 28.3. The van der Waals surface area contributed by atoms with E-state index in [2.05, 4.69) is 24.4 Å². The average Bonchev–Trinajstić information content (AvgIpc) is 3.30. The van der Waals surface area contributed by atoms with Crippen molar-refractivity contribution in [2.75, 3.05) is 26.8 Å². The third-order valence-electron chi connectivity index (χ3n) is 7.53. The lowest BCUT2D eigenvalue weighted by Crippen LogP contribution is -2.39. The number of rotatable bonds is 9. The quantitative estimate of drug-likeness (QED) is 0.229. The predicted octanol–water partition coefficient (Wildman–Crippen LogP) is 4.41. The lowest BCUT2D eigenvalue weighted by Gasteiger charge is -2.32. The first-order chi connectivity index (χ1) is 19.9. The van der Waals surface area contributed by atoms with E-state index in [1.807, 2.05) is 30.3 Å². The minimum Gasteiger partial charge on any atom is -0.481 e. The zero-order valence-electron chi connectivity index (χ0n) is 22.7. The minimum atomic E-state index is -0.562. The van der Waals surface area contributed by atoms with Crippen LogP contribution in [0.2, 0.25) is 5.02 Å². The monoisotopic (exact) mass is 579 g/mol. The van der Waals surface area contributed by atoms with Gasteiger partial charge in [-0.2, -0.15) is 9.37 Å². The van der Waals surface area contributed by atoms with Gasteiger partial charge in [-0.3, -0.25) is 10.3 Å². The third-order valence-corrected chi connectivity index (χ3v) is 7.78. The van der Waals surface area contributed by atoms with Gasteiger partial charge in [-0.1, -0.05) is 23.7 Å². The van der Waals surface area contributed by atoms with Crippen LogP contribution in [0.4, 0.5) is 4.39 Å². The summed E-state index contributed by atoms with van der Waals surface area (Å²) in [4.78, 5) is 20.3. The van der Waals surface area contributed by atoms with Crippen LogP contribution in [0.15, 0.2) is 42.7 Å². The van der Waals surface area contributed by atoms with E-state index in [9.17, 15) is 4.39 Å². The molecule has 2 fully saturated rings. The number of nitrogens with one attached hydrogen (secondary N) is 1. The fourth-order valence-electron chi connectivity index (χ4n) is 5.13. The SMILES string of the molecule is COC(=N)c1cnc2c(c1)nc(CN1CCC(Oc3nc(Cc4ccc(Cl)cc4)ncc3F)CC1)n2C[C@@H]1CCO1. The van der Waals surface area contributed by atoms with Crippen LogP contribution in [0.25, 0.3) is 11.2 Å². The Hall–Kier alpha value is -3.67. The molecule has 41 heavy (non-hydrogen) atoms. The van der Waals surface area contributed by atoms with Gasteiger partial charge in [0.1, 0.15) is 23.3 Å². The molecule has 1 atom stereocenters. The molecule has 6 rings (SSSR count). The van der Waals surface area contributed by atoms with Crippen LogP contribution in [0.1, 0.15) is 42.0 Å². The van der Waals surface area contributed by atoms with Crippen LogP contribution in [0, 0.1) is 11.2 Å². The smallest absolute Gasteiger partial charge is 0.254 e. The van der Waals surface area contributed by atoms with Gasteiger partial charge in [-0.25, -0.2) is 15.0 Å². The molecule has 0 spiro atoms. The van der Waals surface area contributed by atoms with Gasteiger partial charge in [-0.05, 0) is 43.0 Å². The molecule has 2 aliphatic heterocycles. The fourth-order valence-corrected chi connectivity index (χ4v) is 5.25. The van der Waals surface area contributed by atoms with Crippen molar-refractivity contribution in [2.24, 2.45) is 0 Å². The van der Waals surface area contributed by atoms with Crippen molar-refractivity contribution in [3.63, 3.8) is 0 Å². The Morgan fingerprint density at radius 2 is 1.90 bits per heavy atom. The van der Waals surface area contributed by atoms with Gasteiger partial charge < -0.3 is 18.8 Å². The summed E-state index contributed by atoms with van der Waals surface area (Å²) in [6.45, 7) is 3.64. The molecule has 10 nitrogen and oxygen atoms in total. The van der Waals surface area contributed by atoms with Crippen molar-refractivity contribution in [2.45, 2.75) is 51.0 Å². The number of hydrogen-bond donors (Lipinski definition) is 1. The maximum atomic E-state index is 14.5. The Balaban J connectivity index is 1.11. The molecular weight excluding hydrogens is 549 g/mol. The highest BCUT2D eigenvalue weighted by atomic mass is 35.5. The Morgan fingerprint density at radius 3 is 2.61 bits per heavy atom. The molecule has 0 amide bonds.